The van der Waals surface area contributed by atoms with Gasteiger partial charge in [-0.25, -0.2) is 0 Å². The minimum absolute atomic E-state index is 0.00824. The fourth-order valence-electron chi connectivity index (χ4n) is 3.87. The smallest absolute Gasteiger partial charge is 0.163 e. The van der Waals surface area contributed by atoms with Crippen LogP contribution in [0.5, 0.6) is 11.5 Å². The average Bonchev–Trinajstić information content (AvgIpc) is 2.69. The number of carbonyl (C=O) groups excluding carboxylic acids is 1. The molecule has 1 heterocycles. The number of Topliss-reactive ketones (excluding diaryl/α,β-unsaturated/α-hetero) is 1. The summed E-state index contributed by atoms with van der Waals surface area (Å²) in [4.78, 5) is 16.8. The van der Waals surface area contributed by atoms with Gasteiger partial charge in [0, 0.05) is 6.54 Å². The van der Waals surface area contributed by atoms with Gasteiger partial charge in [0.05, 0.1) is 17.7 Å². The molecule has 0 N–H and O–H groups in total. The molecule has 0 fully saturated rings. The number of benzene rings is 1. The van der Waals surface area contributed by atoms with Crippen molar-refractivity contribution in [2.24, 2.45) is 0 Å². The topological polar surface area (TPSA) is 42.0 Å². The van der Waals surface area contributed by atoms with Crippen molar-refractivity contribution in [2.45, 2.75) is 59.0 Å². The van der Waals surface area contributed by atoms with Crippen molar-refractivity contribution in [3.8, 4) is 11.5 Å². The van der Waals surface area contributed by atoms with Crippen molar-refractivity contribution >= 4 is 11.9 Å². The number of fused-ring (bicyclic) bond motifs is 1. The molecule has 0 radical (unpaired) electrons. The highest BCUT2D eigenvalue weighted by molar-refractivity contribution is 5.98. The lowest BCUT2D eigenvalue weighted by Crippen LogP contribution is -2.32. The molecule has 1 unspecified atom stereocenters. The first-order valence-electron chi connectivity index (χ1n) is 11.8. The zero-order chi connectivity index (χ0) is 23.7. The van der Waals surface area contributed by atoms with Crippen LogP contribution >= 0.6 is 0 Å². The molecule has 0 saturated heterocycles. The standard InChI is InChI=1S/C27H42N2O3/c1-21(2)11-8-15-27(4)16-14-24-25(32-27)13-12-23(22(3)30)26(24)31-20-10-19-29(7)18-9-17-28(5)6/h11-14,16H,8-10,15,17-20H2,1-7H3. The van der Waals surface area contributed by atoms with Gasteiger partial charge in [0.15, 0.2) is 5.78 Å². The van der Waals surface area contributed by atoms with Crippen LogP contribution in [-0.4, -0.2) is 68.6 Å². The van der Waals surface area contributed by atoms with Crippen LogP contribution in [0.4, 0.5) is 0 Å². The lowest BCUT2D eigenvalue weighted by molar-refractivity contribution is 0.101. The van der Waals surface area contributed by atoms with E-state index in [2.05, 4.69) is 69.9 Å². The number of ether oxygens (including phenoxy) is 2. The summed E-state index contributed by atoms with van der Waals surface area (Å²) in [7, 11) is 6.35. The van der Waals surface area contributed by atoms with Gasteiger partial charge in [0.2, 0.25) is 0 Å². The third-order valence-electron chi connectivity index (χ3n) is 5.75. The fourth-order valence-corrected chi connectivity index (χ4v) is 3.87. The molecule has 1 aromatic rings. The molecule has 0 aromatic heterocycles. The summed E-state index contributed by atoms with van der Waals surface area (Å²) >= 11 is 0. The molecule has 1 aromatic carbocycles. The lowest BCUT2D eigenvalue weighted by atomic mass is 9.93. The van der Waals surface area contributed by atoms with Crippen LogP contribution in [-0.2, 0) is 0 Å². The van der Waals surface area contributed by atoms with Crippen LogP contribution in [0.1, 0.15) is 69.3 Å². The second kappa shape index (κ2) is 12.2. The van der Waals surface area contributed by atoms with Crippen molar-refractivity contribution in [1.29, 1.82) is 0 Å². The van der Waals surface area contributed by atoms with E-state index in [4.69, 9.17) is 9.47 Å². The Morgan fingerprint density at radius 3 is 2.47 bits per heavy atom. The maximum atomic E-state index is 12.2. The normalized spacial score (nSPS) is 17.3. The third-order valence-corrected chi connectivity index (χ3v) is 5.75. The van der Waals surface area contributed by atoms with Crippen LogP contribution < -0.4 is 9.47 Å². The molecule has 0 aliphatic carbocycles. The highest BCUT2D eigenvalue weighted by Crippen LogP contribution is 2.40. The van der Waals surface area contributed by atoms with Gasteiger partial charge in [-0.1, -0.05) is 11.6 Å². The maximum absolute atomic E-state index is 12.2. The first-order valence-corrected chi connectivity index (χ1v) is 11.8. The summed E-state index contributed by atoms with van der Waals surface area (Å²) in [5.74, 6) is 1.44. The van der Waals surface area contributed by atoms with Crippen molar-refractivity contribution in [2.75, 3.05) is 47.4 Å². The van der Waals surface area contributed by atoms with Gasteiger partial charge in [0.25, 0.3) is 0 Å². The Hall–Kier alpha value is -2.11. The number of carbonyl (C=O) groups is 1. The van der Waals surface area contributed by atoms with Crippen molar-refractivity contribution in [1.82, 2.24) is 9.80 Å². The molecule has 2 rings (SSSR count). The minimum atomic E-state index is -0.358. The zero-order valence-electron chi connectivity index (χ0n) is 21.2. The molecule has 1 aliphatic heterocycles. The SMILES string of the molecule is CC(=O)c1ccc2c(c1OCCCN(C)CCCN(C)C)C=CC(C)(CCC=C(C)C)O2. The summed E-state index contributed by atoms with van der Waals surface area (Å²) in [6, 6.07) is 3.74. The van der Waals surface area contributed by atoms with Gasteiger partial charge in [-0.3, -0.25) is 4.79 Å². The number of allylic oxidation sites excluding steroid dienone is 2. The Kier molecular flexibility index (Phi) is 9.98. The molecular weight excluding hydrogens is 400 g/mol. The average molecular weight is 443 g/mol. The van der Waals surface area contributed by atoms with Gasteiger partial charge in [0.1, 0.15) is 17.1 Å². The second-order valence-electron chi connectivity index (χ2n) is 9.64. The summed E-state index contributed by atoms with van der Waals surface area (Å²) in [6.07, 6.45) is 10.3. The number of hydrogen-bond donors (Lipinski definition) is 0. The number of ketones is 1. The van der Waals surface area contributed by atoms with Crippen LogP contribution in [0.25, 0.3) is 6.08 Å². The highest BCUT2D eigenvalue weighted by atomic mass is 16.5. The number of nitrogens with zero attached hydrogens (tertiary/aromatic N) is 2. The Morgan fingerprint density at radius 1 is 1.09 bits per heavy atom. The first-order chi connectivity index (χ1) is 15.1. The first kappa shape index (κ1) is 26.1. The molecular formula is C27H42N2O3. The van der Waals surface area contributed by atoms with E-state index in [0.717, 1.165) is 56.6 Å². The predicted octanol–water partition coefficient (Wildman–Crippen LogP) is 5.45. The quantitative estimate of drug-likeness (QED) is 0.231. The lowest BCUT2D eigenvalue weighted by Gasteiger charge is -2.32. The molecule has 0 saturated carbocycles. The van der Waals surface area contributed by atoms with Gasteiger partial charge in [-0.15, -0.1) is 0 Å². The molecule has 0 bridgehead atoms. The zero-order valence-corrected chi connectivity index (χ0v) is 21.2. The van der Waals surface area contributed by atoms with Gasteiger partial charge in [-0.2, -0.15) is 0 Å². The number of rotatable bonds is 13. The summed E-state index contributed by atoms with van der Waals surface area (Å²) in [5, 5.41) is 0. The Morgan fingerprint density at radius 2 is 1.81 bits per heavy atom. The van der Waals surface area contributed by atoms with E-state index in [1.165, 1.54) is 5.57 Å². The molecule has 178 valence electrons. The van der Waals surface area contributed by atoms with Gasteiger partial charge >= 0.3 is 0 Å². The minimum Gasteiger partial charge on any atom is -0.492 e. The molecule has 1 atom stereocenters. The predicted molar refractivity (Wildman–Crippen MR) is 134 cm³/mol. The van der Waals surface area contributed by atoms with E-state index < -0.39 is 0 Å². The highest BCUT2D eigenvalue weighted by Gasteiger charge is 2.29. The van der Waals surface area contributed by atoms with E-state index in [-0.39, 0.29) is 11.4 Å². The van der Waals surface area contributed by atoms with E-state index in [1.807, 2.05) is 12.1 Å². The van der Waals surface area contributed by atoms with Gasteiger partial charge in [-0.05, 0) is 112 Å². The maximum Gasteiger partial charge on any atom is 0.163 e. The molecule has 1 aliphatic rings. The molecule has 0 amide bonds. The van der Waals surface area contributed by atoms with E-state index in [1.54, 1.807) is 6.92 Å². The van der Waals surface area contributed by atoms with E-state index in [9.17, 15) is 4.79 Å². The summed E-state index contributed by atoms with van der Waals surface area (Å²) < 4.78 is 12.5. The van der Waals surface area contributed by atoms with Crippen molar-refractivity contribution in [3.05, 3.63) is 41.0 Å². The molecule has 5 heteroatoms. The van der Waals surface area contributed by atoms with Crippen LogP contribution in [0.2, 0.25) is 0 Å². The summed E-state index contributed by atoms with van der Waals surface area (Å²) in [5.41, 5.74) is 2.45. The number of hydrogen-bond acceptors (Lipinski definition) is 5. The van der Waals surface area contributed by atoms with Crippen molar-refractivity contribution in [3.63, 3.8) is 0 Å². The van der Waals surface area contributed by atoms with Crippen molar-refractivity contribution < 1.29 is 14.3 Å². The van der Waals surface area contributed by atoms with E-state index in [0.29, 0.717) is 17.9 Å². The second-order valence-corrected chi connectivity index (χ2v) is 9.64. The third kappa shape index (κ3) is 8.10. The Labute approximate surface area is 195 Å². The fraction of sp³-hybridized carbons (Fsp3) is 0.593. The largest absolute Gasteiger partial charge is 0.492 e. The van der Waals surface area contributed by atoms with E-state index >= 15 is 0 Å². The summed E-state index contributed by atoms with van der Waals surface area (Å²) in [6.45, 7) is 11.6. The van der Waals surface area contributed by atoms with Crippen LogP contribution in [0.15, 0.2) is 29.9 Å². The monoisotopic (exact) mass is 442 g/mol. The van der Waals surface area contributed by atoms with Crippen LogP contribution in [0.3, 0.4) is 0 Å². The van der Waals surface area contributed by atoms with Gasteiger partial charge < -0.3 is 19.3 Å². The molecule has 0 spiro atoms. The Balaban J connectivity index is 2.02. The molecule has 32 heavy (non-hydrogen) atoms. The van der Waals surface area contributed by atoms with Crippen LogP contribution in [0, 0.1) is 0 Å². The molecule has 5 nitrogen and oxygen atoms in total. The Bertz CT molecular complexity index is 824.